The molecule has 10 heteroatoms. The van der Waals surface area contributed by atoms with Crippen molar-refractivity contribution in [1.82, 2.24) is 14.8 Å². The minimum absolute atomic E-state index is 0.111. The molecule has 1 aliphatic rings. The van der Waals surface area contributed by atoms with Gasteiger partial charge in [0, 0.05) is 29.2 Å². The van der Waals surface area contributed by atoms with E-state index in [0.29, 0.717) is 16.6 Å². The lowest BCUT2D eigenvalue weighted by Crippen LogP contribution is -2.37. The molecule has 0 unspecified atom stereocenters. The number of nitrogens with zero attached hydrogens (tertiary/aromatic N) is 3. The third kappa shape index (κ3) is 3.16. The number of nitrogens with one attached hydrogen (secondary N) is 1. The zero-order valence-electron chi connectivity index (χ0n) is 16.3. The van der Waals surface area contributed by atoms with Crippen LogP contribution in [0.2, 0.25) is 0 Å². The molecule has 0 aliphatic carbocycles. The van der Waals surface area contributed by atoms with Gasteiger partial charge in [-0.15, -0.1) is 8.78 Å². The number of aromatic nitrogens is 3. The molecule has 4 aromatic rings. The minimum atomic E-state index is -3.74. The van der Waals surface area contributed by atoms with Crippen molar-refractivity contribution < 1.29 is 23.0 Å². The van der Waals surface area contributed by atoms with Crippen molar-refractivity contribution in [3.8, 4) is 11.5 Å². The Balaban J connectivity index is 1.47. The Morgan fingerprint density at radius 2 is 1.94 bits per heavy atom. The standard InChI is InChI=1S/C21H16F2N4O4/c1-2-26(12-7-8-16-17(9-12)31-21(22,23)30-16)18(28)11-27-20(29)19-13-5-3-4-6-14(13)25-15(19)10-24-27/h3-10,25H,2,11H2,1H3. The summed E-state index contributed by atoms with van der Waals surface area (Å²) in [4.78, 5) is 30.4. The third-order valence-corrected chi connectivity index (χ3v) is 5.11. The number of aromatic amines is 1. The molecule has 1 aliphatic heterocycles. The summed E-state index contributed by atoms with van der Waals surface area (Å²) < 4.78 is 36.5. The Kier molecular flexibility index (Phi) is 4.17. The molecule has 158 valence electrons. The van der Waals surface area contributed by atoms with Gasteiger partial charge in [0.25, 0.3) is 5.56 Å². The van der Waals surface area contributed by atoms with Crippen LogP contribution in [0.15, 0.2) is 53.5 Å². The van der Waals surface area contributed by atoms with E-state index >= 15 is 0 Å². The molecule has 0 atom stereocenters. The van der Waals surface area contributed by atoms with Gasteiger partial charge in [-0.05, 0) is 25.1 Å². The van der Waals surface area contributed by atoms with Crippen LogP contribution in [0.4, 0.5) is 14.5 Å². The number of ether oxygens (including phenoxy) is 2. The van der Waals surface area contributed by atoms with E-state index in [4.69, 9.17) is 0 Å². The van der Waals surface area contributed by atoms with Gasteiger partial charge in [-0.25, -0.2) is 4.68 Å². The smallest absolute Gasteiger partial charge is 0.395 e. The quantitative estimate of drug-likeness (QED) is 0.541. The van der Waals surface area contributed by atoms with E-state index in [0.717, 1.165) is 15.6 Å². The summed E-state index contributed by atoms with van der Waals surface area (Å²) in [6, 6.07) is 11.4. The number of carbonyl (C=O) groups excluding carboxylic acids is 1. The predicted octanol–water partition coefficient (Wildman–Crippen LogP) is 3.25. The fraction of sp³-hybridized carbons (Fsp3) is 0.190. The highest BCUT2D eigenvalue weighted by Gasteiger charge is 2.43. The number of fused-ring (bicyclic) bond motifs is 4. The molecule has 3 heterocycles. The third-order valence-electron chi connectivity index (χ3n) is 5.11. The van der Waals surface area contributed by atoms with Crippen LogP contribution in [-0.4, -0.2) is 33.5 Å². The first-order chi connectivity index (χ1) is 14.9. The molecular weight excluding hydrogens is 410 g/mol. The zero-order chi connectivity index (χ0) is 21.8. The summed E-state index contributed by atoms with van der Waals surface area (Å²) in [5.41, 5.74) is 1.32. The van der Waals surface area contributed by atoms with Gasteiger partial charge in [0.2, 0.25) is 5.91 Å². The number of para-hydroxylation sites is 1. The van der Waals surface area contributed by atoms with Gasteiger partial charge in [0.1, 0.15) is 6.54 Å². The molecular formula is C21H16F2N4O4. The summed E-state index contributed by atoms with van der Waals surface area (Å²) in [5.74, 6) is -0.703. The molecule has 31 heavy (non-hydrogen) atoms. The van der Waals surface area contributed by atoms with Gasteiger partial charge >= 0.3 is 6.29 Å². The summed E-state index contributed by atoms with van der Waals surface area (Å²) in [6.45, 7) is 1.67. The number of amides is 1. The fourth-order valence-corrected chi connectivity index (χ4v) is 3.73. The van der Waals surface area contributed by atoms with Crippen molar-refractivity contribution in [1.29, 1.82) is 0 Å². The van der Waals surface area contributed by atoms with Crippen LogP contribution in [0, 0.1) is 0 Å². The van der Waals surface area contributed by atoms with E-state index in [1.807, 2.05) is 24.3 Å². The second kappa shape index (κ2) is 6.79. The molecule has 0 fully saturated rings. The summed E-state index contributed by atoms with van der Waals surface area (Å²) >= 11 is 0. The van der Waals surface area contributed by atoms with Crippen molar-refractivity contribution >= 4 is 33.4 Å². The van der Waals surface area contributed by atoms with Crippen LogP contribution >= 0.6 is 0 Å². The zero-order valence-corrected chi connectivity index (χ0v) is 16.3. The largest absolute Gasteiger partial charge is 0.586 e. The van der Waals surface area contributed by atoms with Gasteiger partial charge in [0.15, 0.2) is 11.5 Å². The maximum absolute atomic E-state index is 13.3. The number of carbonyl (C=O) groups is 1. The Labute approximate surface area is 173 Å². The topological polar surface area (TPSA) is 89.5 Å². The SMILES string of the molecule is CCN(C(=O)Cn1ncc2[nH]c3ccccc3c2c1=O)c1ccc2c(c1)OC(F)(F)O2. The monoisotopic (exact) mass is 426 g/mol. The molecule has 8 nitrogen and oxygen atoms in total. The van der Waals surface area contributed by atoms with Crippen LogP contribution in [-0.2, 0) is 11.3 Å². The van der Waals surface area contributed by atoms with Crippen LogP contribution < -0.4 is 19.9 Å². The van der Waals surface area contributed by atoms with E-state index < -0.39 is 17.8 Å². The van der Waals surface area contributed by atoms with Crippen LogP contribution in [0.3, 0.4) is 0 Å². The summed E-state index contributed by atoms with van der Waals surface area (Å²) in [7, 11) is 0. The van der Waals surface area contributed by atoms with Gasteiger partial charge in [-0.2, -0.15) is 5.10 Å². The normalized spacial score (nSPS) is 14.3. The van der Waals surface area contributed by atoms with Crippen molar-refractivity contribution in [2.75, 3.05) is 11.4 Å². The lowest BCUT2D eigenvalue weighted by molar-refractivity contribution is -0.286. The maximum Gasteiger partial charge on any atom is 0.586 e. The molecule has 0 bridgehead atoms. The highest BCUT2D eigenvalue weighted by Crippen LogP contribution is 2.42. The highest BCUT2D eigenvalue weighted by atomic mass is 19.3. The van der Waals surface area contributed by atoms with E-state index in [1.165, 1.54) is 29.3 Å². The number of halogens is 2. The molecule has 0 radical (unpaired) electrons. The van der Waals surface area contributed by atoms with Crippen LogP contribution in [0.1, 0.15) is 6.92 Å². The molecule has 0 spiro atoms. The highest BCUT2D eigenvalue weighted by molar-refractivity contribution is 6.06. The first-order valence-corrected chi connectivity index (χ1v) is 9.53. The minimum Gasteiger partial charge on any atom is -0.395 e. The molecule has 1 N–H and O–H groups in total. The van der Waals surface area contributed by atoms with Gasteiger partial charge < -0.3 is 19.4 Å². The van der Waals surface area contributed by atoms with E-state index in [1.54, 1.807) is 6.92 Å². The first-order valence-electron chi connectivity index (χ1n) is 9.53. The Morgan fingerprint density at radius 3 is 2.74 bits per heavy atom. The number of H-pyrrole nitrogens is 1. The van der Waals surface area contributed by atoms with Crippen molar-refractivity contribution in [2.45, 2.75) is 19.8 Å². The van der Waals surface area contributed by atoms with E-state index in [2.05, 4.69) is 19.6 Å². The molecule has 2 aromatic heterocycles. The van der Waals surface area contributed by atoms with Crippen LogP contribution in [0.5, 0.6) is 11.5 Å². The average Bonchev–Trinajstić information content (AvgIpc) is 3.26. The molecule has 0 saturated carbocycles. The van der Waals surface area contributed by atoms with Crippen LogP contribution in [0.25, 0.3) is 21.8 Å². The molecule has 5 rings (SSSR count). The van der Waals surface area contributed by atoms with Gasteiger partial charge in [-0.1, -0.05) is 18.2 Å². The lowest BCUT2D eigenvalue weighted by Gasteiger charge is -2.21. The van der Waals surface area contributed by atoms with Gasteiger partial charge in [-0.3, -0.25) is 9.59 Å². The molecule has 1 amide bonds. The summed E-state index contributed by atoms with van der Waals surface area (Å²) in [6.07, 6.45) is -2.24. The number of likely N-dealkylation sites (N-methyl/N-ethyl adjacent to an activating group) is 1. The lowest BCUT2D eigenvalue weighted by atomic mass is 10.2. The van der Waals surface area contributed by atoms with Gasteiger partial charge in [0.05, 0.1) is 17.1 Å². The first kappa shape index (κ1) is 19.0. The number of hydrogen-bond donors (Lipinski definition) is 1. The predicted molar refractivity (Wildman–Crippen MR) is 109 cm³/mol. The number of alkyl halides is 2. The second-order valence-electron chi connectivity index (χ2n) is 7.00. The van der Waals surface area contributed by atoms with E-state index in [9.17, 15) is 18.4 Å². The Morgan fingerprint density at radius 1 is 1.16 bits per heavy atom. The van der Waals surface area contributed by atoms with Crippen molar-refractivity contribution in [3.05, 3.63) is 59.0 Å². The van der Waals surface area contributed by atoms with Crippen molar-refractivity contribution in [3.63, 3.8) is 0 Å². The Hall–Kier alpha value is -3.95. The number of hydrogen-bond acceptors (Lipinski definition) is 5. The van der Waals surface area contributed by atoms with E-state index in [-0.39, 0.29) is 24.6 Å². The number of benzene rings is 2. The maximum atomic E-state index is 13.3. The van der Waals surface area contributed by atoms with Crippen molar-refractivity contribution in [2.24, 2.45) is 0 Å². The Bertz CT molecular complexity index is 1400. The second-order valence-corrected chi connectivity index (χ2v) is 7.00. The number of anilines is 1. The average molecular weight is 426 g/mol. The number of rotatable bonds is 4. The summed E-state index contributed by atoms with van der Waals surface area (Å²) in [5, 5.41) is 5.31. The fourth-order valence-electron chi connectivity index (χ4n) is 3.73. The molecule has 2 aromatic carbocycles. The molecule has 0 saturated heterocycles.